The third-order valence-corrected chi connectivity index (χ3v) is 3.21. The topological polar surface area (TPSA) is 36.3 Å². The summed E-state index contributed by atoms with van der Waals surface area (Å²) < 4.78 is 43.5. The van der Waals surface area contributed by atoms with Crippen molar-refractivity contribution >= 4 is 5.69 Å². The van der Waals surface area contributed by atoms with Gasteiger partial charge in [-0.3, -0.25) is 0 Å². The molecule has 1 aliphatic rings. The molecule has 0 aliphatic carbocycles. The molecule has 0 saturated carbocycles. The zero-order chi connectivity index (χ0) is 15.0. The smallest absolute Gasteiger partial charge is 0.372 e. The van der Waals surface area contributed by atoms with Crippen LogP contribution in [-0.2, 0) is 10.9 Å². The second kappa shape index (κ2) is 4.98. The number of morpholine rings is 1. The Hall–Kier alpha value is -1.74. The molecule has 0 unspecified atom stereocenters. The van der Waals surface area contributed by atoms with Crippen LogP contribution in [0.4, 0.5) is 18.9 Å². The van der Waals surface area contributed by atoms with Gasteiger partial charge in [-0.05, 0) is 32.0 Å². The van der Waals surface area contributed by atoms with E-state index in [1.807, 2.05) is 24.8 Å². The van der Waals surface area contributed by atoms with Gasteiger partial charge in [0, 0.05) is 13.1 Å². The Morgan fingerprint density at radius 3 is 2.60 bits per heavy atom. The lowest BCUT2D eigenvalue weighted by Gasteiger charge is -2.39. The number of hydrogen-bond acceptors (Lipinski definition) is 3. The van der Waals surface area contributed by atoms with Crippen molar-refractivity contribution in [2.24, 2.45) is 0 Å². The number of hydrogen-bond donors (Lipinski definition) is 0. The number of alkyl halides is 3. The first-order valence-corrected chi connectivity index (χ1v) is 6.23. The average Bonchev–Trinajstić information content (AvgIpc) is 2.35. The van der Waals surface area contributed by atoms with E-state index in [0.29, 0.717) is 25.4 Å². The number of halogens is 3. The molecule has 1 aromatic carbocycles. The van der Waals surface area contributed by atoms with Crippen LogP contribution in [0.5, 0.6) is 0 Å². The average molecular weight is 284 g/mol. The molecule has 1 fully saturated rings. The molecule has 0 spiro atoms. The van der Waals surface area contributed by atoms with Crippen molar-refractivity contribution in [2.75, 3.05) is 24.6 Å². The molecule has 1 aliphatic heterocycles. The van der Waals surface area contributed by atoms with E-state index in [4.69, 9.17) is 10.00 Å². The van der Waals surface area contributed by atoms with Crippen molar-refractivity contribution in [2.45, 2.75) is 25.6 Å². The minimum absolute atomic E-state index is 0.0394. The minimum Gasteiger partial charge on any atom is -0.372 e. The van der Waals surface area contributed by atoms with Crippen molar-refractivity contribution in [3.8, 4) is 6.07 Å². The van der Waals surface area contributed by atoms with E-state index >= 15 is 0 Å². The second-order valence-corrected chi connectivity index (χ2v) is 5.37. The minimum atomic E-state index is -4.44. The van der Waals surface area contributed by atoms with Gasteiger partial charge in [0.2, 0.25) is 0 Å². The molecular formula is C14H15F3N2O. The summed E-state index contributed by atoms with van der Waals surface area (Å²) in [5.41, 5.74) is -0.618. The van der Waals surface area contributed by atoms with Crippen LogP contribution in [0.1, 0.15) is 25.0 Å². The summed E-state index contributed by atoms with van der Waals surface area (Å²) in [6.45, 7) is 5.40. The lowest BCUT2D eigenvalue weighted by Crippen LogP contribution is -2.48. The summed E-state index contributed by atoms with van der Waals surface area (Å²) in [4.78, 5) is 1.89. The number of anilines is 1. The van der Waals surface area contributed by atoms with Crippen LogP contribution in [0.15, 0.2) is 18.2 Å². The van der Waals surface area contributed by atoms with E-state index in [2.05, 4.69) is 0 Å². The lowest BCUT2D eigenvalue weighted by molar-refractivity contribution is -0.137. The number of ether oxygens (including phenoxy) is 1. The first-order chi connectivity index (χ1) is 9.23. The number of nitriles is 1. The normalized spacial score (nSPS) is 18.7. The van der Waals surface area contributed by atoms with Gasteiger partial charge in [-0.15, -0.1) is 0 Å². The molecule has 0 bridgehead atoms. The third kappa shape index (κ3) is 3.05. The van der Waals surface area contributed by atoms with Crippen LogP contribution >= 0.6 is 0 Å². The Labute approximate surface area is 115 Å². The van der Waals surface area contributed by atoms with E-state index in [1.165, 1.54) is 6.07 Å². The highest BCUT2D eigenvalue weighted by molar-refractivity contribution is 5.61. The van der Waals surface area contributed by atoms with Crippen LogP contribution in [0.25, 0.3) is 0 Å². The van der Waals surface area contributed by atoms with Gasteiger partial charge < -0.3 is 9.64 Å². The van der Waals surface area contributed by atoms with Crippen LogP contribution in [0, 0.1) is 11.3 Å². The summed E-state index contributed by atoms with van der Waals surface area (Å²) in [6, 6.07) is 5.13. The molecule has 108 valence electrons. The van der Waals surface area contributed by atoms with Crippen LogP contribution in [0.3, 0.4) is 0 Å². The highest BCUT2D eigenvalue weighted by Gasteiger charge is 2.33. The molecule has 1 heterocycles. The number of benzene rings is 1. The maximum Gasteiger partial charge on any atom is 0.416 e. The van der Waals surface area contributed by atoms with Gasteiger partial charge in [-0.25, -0.2) is 0 Å². The van der Waals surface area contributed by atoms with Gasteiger partial charge in [0.15, 0.2) is 0 Å². The van der Waals surface area contributed by atoms with Crippen molar-refractivity contribution in [1.82, 2.24) is 0 Å². The molecule has 1 aromatic rings. The number of nitrogens with zero attached hydrogens (tertiary/aromatic N) is 2. The molecule has 3 nitrogen and oxygen atoms in total. The first kappa shape index (κ1) is 14.7. The molecule has 0 amide bonds. The Morgan fingerprint density at radius 2 is 2.05 bits per heavy atom. The van der Waals surface area contributed by atoms with E-state index in [9.17, 15) is 13.2 Å². The first-order valence-electron chi connectivity index (χ1n) is 6.23. The molecule has 0 radical (unpaired) electrons. The summed E-state index contributed by atoms with van der Waals surface area (Å²) in [5.74, 6) is 0. The fraction of sp³-hybridized carbons (Fsp3) is 0.500. The van der Waals surface area contributed by atoms with Gasteiger partial charge >= 0.3 is 6.18 Å². The summed E-state index contributed by atoms with van der Waals surface area (Å²) >= 11 is 0. The van der Waals surface area contributed by atoms with Gasteiger partial charge in [0.25, 0.3) is 0 Å². The quantitative estimate of drug-likeness (QED) is 0.794. The van der Waals surface area contributed by atoms with Crippen LogP contribution in [0.2, 0.25) is 0 Å². The van der Waals surface area contributed by atoms with Gasteiger partial charge in [-0.2, -0.15) is 18.4 Å². The molecule has 6 heteroatoms. The molecule has 0 N–H and O–H groups in total. The maximum atomic E-state index is 12.7. The van der Waals surface area contributed by atoms with Crippen molar-refractivity contribution in [1.29, 1.82) is 5.26 Å². The zero-order valence-electron chi connectivity index (χ0n) is 11.3. The Balaban J connectivity index is 2.36. The SMILES string of the molecule is CC1(C)CN(c2ccc(C(F)(F)F)cc2C#N)CCO1. The molecule has 0 atom stereocenters. The van der Waals surface area contributed by atoms with Gasteiger partial charge in [0.1, 0.15) is 6.07 Å². The summed E-state index contributed by atoms with van der Waals surface area (Å²) in [6.07, 6.45) is -4.44. The lowest BCUT2D eigenvalue weighted by atomic mass is 10.0. The Morgan fingerprint density at radius 1 is 1.35 bits per heavy atom. The highest BCUT2D eigenvalue weighted by Crippen LogP contribution is 2.33. The fourth-order valence-electron chi connectivity index (χ4n) is 2.30. The Bertz CT molecular complexity index is 546. The zero-order valence-corrected chi connectivity index (χ0v) is 11.3. The van der Waals surface area contributed by atoms with Gasteiger partial charge in [-0.1, -0.05) is 0 Å². The van der Waals surface area contributed by atoms with Gasteiger partial charge in [0.05, 0.1) is 29.0 Å². The predicted molar refractivity (Wildman–Crippen MR) is 68.4 cm³/mol. The van der Waals surface area contributed by atoms with E-state index < -0.39 is 11.7 Å². The summed E-state index contributed by atoms with van der Waals surface area (Å²) in [7, 11) is 0. The van der Waals surface area contributed by atoms with Crippen molar-refractivity contribution in [3.63, 3.8) is 0 Å². The van der Waals surface area contributed by atoms with Crippen LogP contribution < -0.4 is 4.90 Å². The fourth-order valence-corrected chi connectivity index (χ4v) is 2.30. The maximum absolute atomic E-state index is 12.7. The molecule has 2 rings (SSSR count). The highest BCUT2D eigenvalue weighted by atomic mass is 19.4. The monoisotopic (exact) mass is 284 g/mol. The Kier molecular flexibility index (Phi) is 3.65. The predicted octanol–water partition coefficient (Wildman–Crippen LogP) is 3.19. The number of rotatable bonds is 1. The molecule has 1 saturated heterocycles. The molecule has 0 aromatic heterocycles. The van der Waals surface area contributed by atoms with Crippen LogP contribution in [-0.4, -0.2) is 25.3 Å². The van der Waals surface area contributed by atoms with E-state index in [-0.39, 0.29) is 11.2 Å². The summed E-state index contributed by atoms with van der Waals surface area (Å²) in [5, 5.41) is 9.09. The van der Waals surface area contributed by atoms with Crippen molar-refractivity contribution in [3.05, 3.63) is 29.3 Å². The van der Waals surface area contributed by atoms with Crippen molar-refractivity contribution < 1.29 is 17.9 Å². The molecular weight excluding hydrogens is 269 g/mol. The second-order valence-electron chi connectivity index (χ2n) is 5.37. The van der Waals surface area contributed by atoms with E-state index in [1.54, 1.807) is 0 Å². The third-order valence-electron chi connectivity index (χ3n) is 3.21. The largest absolute Gasteiger partial charge is 0.416 e. The standard InChI is InChI=1S/C14H15F3N2O/c1-13(2)9-19(5-6-20-13)12-4-3-11(14(15,16)17)7-10(12)8-18/h3-4,7H,5-6,9H2,1-2H3. The molecule has 20 heavy (non-hydrogen) atoms. The van der Waals surface area contributed by atoms with E-state index in [0.717, 1.165) is 12.1 Å².